The monoisotopic (exact) mass is 261 g/mol. The Hall–Kier alpha value is -1.85. The summed E-state index contributed by atoms with van der Waals surface area (Å²) in [7, 11) is 1.66. The first-order valence-corrected chi connectivity index (χ1v) is 6.29. The summed E-state index contributed by atoms with van der Waals surface area (Å²) >= 11 is 0. The van der Waals surface area contributed by atoms with Crippen molar-refractivity contribution in [1.82, 2.24) is 4.98 Å². The van der Waals surface area contributed by atoms with Crippen LogP contribution in [0.1, 0.15) is 0 Å². The van der Waals surface area contributed by atoms with Gasteiger partial charge in [-0.2, -0.15) is 0 Å². The molecule has 1 aromatic carbocycles. The van der Waals surface area contributed by atoms with Gasteiger partial charge in [0.2, 0.25) is 0 Å². The normalized spacial score (nSPS) is 10.6. The zero-order chi connectivity index (χ0) is 13.5. The molecule has 3 N–H and O–H groups in total. The predicted molar refractivity (Wildman–Crippen MR) is 76.7 cm³/mol. The van der Waals surface area contributed by atoms with Gasteiger partial charge in [-0.1, -0.05) is 6.07 Å². The fraction of sp³-hybridized carbons (Fsp3) is 0.357. The summed E-state index contributed by atoms with van der Waals surface area (Å²) in [4.78, 5) is 4.35. The molecular weight excluding hydrogens is 242 g/mol. The lowest BCUT2D eigenvalue weighted by molar-refractivity contribution is 0.151. The van der Waals surface area contributed by atoms with Crippen molar-refractivity contribution >= 4 is 16.6 Å². The summed E-state index contributed by atoms with van der Waals surface area (Å²) in [5, 5.41) is 5.43. The molecule has 0 saturated heterocycles. The highest BCUT2D eigenvalue weighted by molar-refractivity contribution is 5.92. The lowest BCUT2D eigenvalue weighted by Gasteiger charge is -2.10. The van der Waals surface area contributed by atoms with Crippen LogP contribution in [0.25, 0.3) is 10.8 Å². The number of fused-ring (bicyclic) bond motifs is 1. The van der Waals surface area contributed by atoms with Gasteiger partial charge in [-0.25, -0.2) is 4.98 Å². The minimum atomic E-state index is 0.545. The van der Waals surface area contributed by atoms with E-state index in [4.69, 9.17) is 15.2 Å². The van der Waals surface area contributed by atoms with Crippen LogP contribution in [0.2, 0.25) is 0 Å². The van der Waals surface area contributed by atoms with Crippen molar-refractivity contribution in [2.24, 2.45) is 5.73 Å². The fourth-order valence-electron chi connectivity index (χ4n) is 1.84. The quantitative estimate of drug-likeness (QED) is 0.741. The lowest BCUT2D eigenvalue weighted by Crippen LogP contribution is -2.15. The molecule has 1 aromatic heterocycles. The number of hydrogen-bond donors (Lipinski definition) is 2. The van der Waals surface area contributed by atoms with Gasteiger partial charge in [-0.3, -0.25) is 0 Å². The Morgan fingerprint density at radius 1 is 1.26 bits per heavy atom. The van der Waals surface area contributed by atoms with E-state index in [1.165, 1.54) is 0 Å². The van der Waals surface area contributed by atoms with Crippen molar-refractivity contribution in [3.05, 3.63) is 30.5 Å². The number of anilines is 1. The molecule has 0 amide bonds. The van der Waals surface area contributed by atoms with E-state index < -0.39 is 0 Å². The first-order valence-electron chi connectivity index (χ1n) is 6.29. The Morgan fingerprint density at radius 3 is 2.95 bits per heavy atom. The summed E-state index contributed by atoms with van der Waals surface area (Å²) in [5.41, 5.74) is 5.36. The van der Waals surface area contributed by atoms with E-state index in [0.29, 0.717) is 26.3 Å². The van der Waals surface area contributed by atoms with Crippen LogP contribution in [0.4, 0.5) is 5.82 Å². The number of rotatable bonds is 7. The summed E-state index contributed by atoms with van der Waals surface area (Å²) in [6, 6.07) is 7.92. The molecule has 2 rings (SSSR count). The van der Waals surface area contributed by atoms with Crippen LogP contribution in [-0.4, -0.2) is 38.4 Å². The third-order valence-corrected chi connectivity index (χ3v) is 2.77. The summed E-state index contributed by atoms with van der Waals surface area (Å²) in [6.07, 6.45) is 1.79. The van der Waals surface area contributed by atoms with Crippen molar-refractivity contribution in [3.63, 3.8) is 0 Å². The van der Waals surface area contributed by atoms with Gasteiger partial charge in [0, 0.05) is 24.7 Å². The maximum atomic E-state index is 5.36. The molecule has 0 atom stereocenters. The highest BCUT2D eigenvalue weighted by atomic mass is 16.5. The average molecular weight is 261 g/mol. The number of nitrogens with zero attached hydrogens (tertiary/aromatic N) is 1. The number of methoxy groups -OCH3 is 1. The molecular formula is C14H19N3O2. The van der Waals surface area contributed by atoms with Crippen molar-refractivity contribution < 1.29 is 9.47 Å². The van der Waals surface area contributed by atoms with Crippen LogP contribution in [0, 0.1) is 0 Å². The average Bonchev–Trinajstić information content (AvgIpc) is 2.46. The number of ether oxygens (including phenoxy) is 2. The van der Waals surface area contributed by atoms with Crippen molar-refractivity contribution in [1.29, 1.82) is 0 Å². The number of nitrogens with two attached hydrogens (primary N) is 1. The van der Waals surface area contributed by atoms with Crippen molar-refractivity contribution in [2.45, 2.75) is 0 Å². The zero-order valence-corrected chi connectivity index (χ0v) is 11.1. The van der Waals surface area contributed by atoms with Gasteiger partial charge in [0.15, 0.2) is 0 Å². The van der Waals surface area contributed by atoms with E-state index in [1.54, 1.807) is 13.3 Å². The van der Waals surface area contributed by atoms with Crippen LogP contribution in [0.3, 0.4) is 0 Å². The van der Waals surface area contributed by atoms with Gasteiger partial charge in [-0.15, -0.1) is 0 Å². The minimum Gasteiger partial charge on any atom is -0.497 e. The molecule has 19 heavy (non-hydrogen) atoms. The van der Waals surface area contributed by atoms with Gasteiger partial charge < -0.3 is 20.5 Å². The highest BCUT2D eigenvalue weighted by Crippen LogP contribution is 2.25. The number of nitrogens with one attached hydrogen (secondary N) is 1. The minimum absolute atomic E-state index is 0.545. The van der Waals surface area contributed by atoms with Crippen LogP contribution >= 0.6 is 0 Å². The number of aromatic nitrogens is 1. The van der Waals surface area contributed by atoms with Crippen molar-refractivity contribution in [2.75, 3.05) is 38.7 Å². The molecule has 1 heterocycles. The van der Waals surface area contributed by atoms with Crippen LogP contribution in [0.5, 0.6) is 5.75 Å². The maximum absolute atomic E-state index is 5.36. The van der Waals surface area contributed by atoms with Crippen LogP contribution in [0.15, 0.2) is 30.5 Å². The molecule has 2 aromatic rings. The molecule has 5 heteroatoms. The number of benzene rings is 1. The van der Waals surface area contributed by atoms with E-state index in [9.17, 15) is 0 Å². The van der Waals surface area contributed by atoms with E-state index >= 15 is 0 Å². The van der Waals surface area contributed by atoms with Gasteiger partial charge >= 0.3 is 0 Å². The molecule has 0 saturated carbocycles. The van der Waals surface area contributed by atoms with E-state index in [1.807, 2.05) is 24.3 Å². The topological polar surface area (TPSA) is 69.4 Å². The zero-order valence-electron chi connectivity index (χ0n) is 11.1. The Balaban J connectivity index is 2.08. The molecule has 0 aliphatic carbocycles. The fourth-order valence-corrected chi connectivity index (χ4v) is 1.84. The number of pyridine rings is 1. The molecule has 0 spiro atoms. The Morgan fingerprint density at radius 2 is 2.16 bits per heavy atom. The Kier molecular flexibility index (Phi) is 4.94. The second-order valence-electron chi connectivity index (χ2n) is 4.07. The molecule has 0 aliphatic heterocycles. The van der Waals surface area contributed by atoms with E-state index in [2.05, 4.69) is 10.3 Å². The van der Waals surface area contributed by atoms with Gasteiger partial charge in [-0.05, 0) is 23.6 Å². The molecule has 102 valence electrons. The lowest BCUT2D eigenvalue weighted by atomic mass is 10.1. The van der Waals surface area contributed by atoms with Crippen LogP contribution in [-0.2, 0) is 4.74 Å². The predicted octanol–water partition coefficient (Wildman–Crippen LogP) is 1.63. The van der Waals surface area contributed by atoms with Gasteiger partial charge in [0.1, 0.15) is 11.6 Å². The van der Waals surface area contributed by atoms with E-state index in [-0.39, 0.29) is 0 Å². The van der Waals surface area contributed by atoms with Crippen LogP contribution < -0.4 is 15.8 Å². The Labute approximate surface area is 112 Å². The SMILES string of the molecule is COc1ccc2ccnc(NCCOCCN)c2c1. The molecule has 0 unspecified atom stereocenters. The standard InChI is InChI=1S/C14H19N3O2/c1-18-12-3-2-11-4-6-16-14(13(11)10-12)17-7-9-19-8-5-15/h2-4,6,10H,5,7-9,15H2,1H3,(H,16,17). The molecule has 0 bridgehead atoms. The summed E-state index contributed by atoms with van der Waals surface area (Å²) in [6.45, 7) is 2.44. The Bertz CT molecular complexity index is 531. The smallest absolute Gasteiger partial charge is 0.134 e. The molecule has 5 nitrogen and oxygen atoms in total. The molecule has 0 radical (unpaired) electrons. The third-order valence-electron chi connectivity index (χ3n) is 2.77. The van der Waals surface area contributed by atoms with Gasteiger partial charge in [0.25, 0.3) is 0 Å². The van der Waals surface area contributed by atoms with E-state index in [0.717, 1.165) is 22.3 Å². The first kappa shape index (κ1) is 13.6. The largest absolute Gasteiger partial charge is 0.497 e. The van der Waals surface area contributed by atoms with Crippen molar-refractivity contribution in [3.8, 4) is 5.75 Å². The third kappa shape index (κ3) is 3.56. The maximum Gasteiger partial charge on any atom is 0.134 e. The second kappa shape index (κ2) is 6.92. The first-order chi connectivity index (χ1) is 9.35. The van der Waals surface area contributed by atoms with Gasteiger partial charge in [0.05, 0.1) is 20.3 Å². The highest BCUT2D eigenvalue weighted by Gasteiger charge is 2.03. The molecule has 0 fully saturated rings. The number of hydrogen-bond acceptors (Lipinski definition) is 5. The summed E-state index contributed by atoms with van der Waals surface area (Å²) in [5.74, 6) is 1.66. The summed E-state index contributed by atoms with van der Waals surface area (Å²) < 4.78 is 10.6. The second-order valence-corrected chi connectivity index (χ2v) is 4.07. The molecule has 0 aliphatic rings.